The van der Waals surface area contributed by atoms with E-state index in [1.807, 2.05) is 6.08 Å². The van der Waals surface area contributed by atoms with Crippen molar-refractivity contribution < 1.29 is 28.8 Å². The maximum Gasteiger partial charge on any atom is 0.155 e. The summed E-state index contributed by atoms with van der Waals surface area (Å²) in [4.78, 5) is 64.2. The molecular weight excluding hydrogens is 360 g/mol. The molecule has 0 bridgehead atoms. The van der Waals surface area contributed by atoms with Crippen molar-refractivity contribution in [3.8, 4) is 0 Å². The van der Waals surface area contributed by atoms with Crippen LogP contribution in [0.25, 0.3) is 0 Å². The molecule has 6 heteroatoms. The highest BCUT2D eigenvalue weighted by Crippen LogP contribution is 2.29. The number of carbonyl (C=O) groups excluding carboxylic acids is 6. The van der Waals surface area contributed by atoms with Gasteiger partial charge in [-0.25, -0.2) is 0 Å². The fourth-order valence-electron chi connectivity index (χ4n) is 3.34. The molecule has 1 fully saturated rings. The van der Waals surface area contributed by atoms with E-state index in [1.54, 1.807) is 6.08 Å². The van der Waals surface area contributed by atoms with Crippen LogP contribution in [0.15, 0.2) is 12.2 Å². The Morgan fingerprint density at radius 2 is 1.50 bits per heavy atom. The first kappa shape index (κ1) is 25.8. The zero-order chi connectivity index (χ0) is 21.7. The monoisotopic (exact) mass is 392 g/mol. The zero-order valence-corrected chi connectivity index (χ0v) is 17.4. The standard InChI is InChI=1S/C11H16O3.C6H8O.C5H8O2/c1-7(12)11(8(2)13)9-4-3-5-10(14)6-9;7-6-4-2-1-3-5-6;1-4(6)3-5(2)7/h9,11H,3-6H2,1-2H3;2,4H,1,3,5H2;3H2,1-2H3. The Labute approximate surface area is 167 Å². The van der Waals surface area contributed by atoms with Crippen LogP contribution in [0.5, 0.6) is 0 Å². The highest BCUT2D eigenvalue weighted by Gasteiger charge is 2.32. The second kappa shape index (κ2) is 13.9. The first-order valence-corrected chi connectivity index (χ1v) is 9.75. The molecule has 0 amide bonds. The minimum Gasteiger partial charge on any atom is -0.300 e. The van der Waals surface area contributed by atoms with Gasteiger partial charge < -0.3 is 0 Å². The molecule has 156 valence electrons. The number of carbonyl (C=O) groups is 6. The van der Waals surface area contributed by atoms with Crippen LogP contribution in [0.2, 0.25) is 0 Å². The number of Topliss-reactive ketones (excluding diaryl/α,β-unsaturated/α-hetero) is 5. The van der Waals surface area contributed by atoms with Crippen LogP contribution in [0, 0.1) is 11.8 Å². The first-order valence-electron chi connectivity index (χ1n) is 9.75. The average molecular weight is 392 g/mol. The molecule has 0 aromatic rings. The lowest BCUT2D eigenvalue weighted by molar-refractivity contribution is -0.134. The molecule has 28 heavy (non-hydrogen) atoms. The minimum atomic E-state index is -0.542. The molecule has 1 unspecified atom stereocenters. The number of rotatable bonds is 5. The molecule has 0 heterocycles. The van der Waals surface area contributed by atoms with E-state index in [-0.39, 0.29) is 47.0 Å². The predicted molar refractivity (Wildman–Crippen MR) is 106 cm³/mol. The molecule has 0 aromatic carbocycles. The van der Waals surface area contributed by atoms with E-state index >= 15 is 0 Å². The molecule has 0 N–H and O–H groups in total. The Hall–Kier alpha value is -2.24. The van der Waals surface area contributed by atoms with Gasteiger partial charge in [-0.3, -0.25) is 28.8 Å². The zero-order valence-electron chi connectivity index (χ0n) is 17.4. The van der Waals surface area contributed by atoms with Crippen molar-refractivity contribution >= 4 is 34.7 Å². The van der Waals surface area contributed by atoms with Crippen LogP contribution in [0.4, 0.5) is 0 Å². The Balaban J connectivity index is 0.000000437. The fraction of sp³-hybridized carbons (Fsp3) is 0.636. The molecule has 0 aliphatic heterocycles. The molecule has 2 aliphatic carbocycles. The Kier molecular flexibility index (Phi) is 12.7. The lowest BCUT2D eigenvalue weighted by Crippen LogP contribution is -2.32. The summed E-state index contributed by atoms with van der Waals surface area (Å²) in [7, 11) is 0. The van der Waals surface area contributed by atoms with E-state index < -0.39 is 5.92 Å². The van der Waals surface area contributed by atoms with E-state index in [4.69, 9.17) is 0 Å². The second-order valence-corrected chi connectivity index (χ2v) is 7.44. The number of hydrogen-bond donors (Lipinski definition) is 0. The van der Waals surface area contributed by atoms with Gasteiger partial charge in [0, 0.05) is 19.3 Å². The summed E-state index contributed by atoms with van der Waals surface area (Å²) in [5.41, 5.74) is 0. The maximum absolute atomic E-state index is 11.3. The molecular formula is C22H32O6. The molecule has 0 radical (unpaired) electrons. The highest BCUT2D eigenvalue weighted by molar-refractivity contribution is 6.01. The molecule has 0 spiro atoms. The van der Waals surface area contributed by atoms with Crippen LogP contribution in [-0.4, -0.2) is 34.7 Å². The maximum atomic E-state index is 11.3. The Morgan fingerprint density at radius 3 is 1.79 bits per heavy atom. The minimum absolute atomic E-state index is 0.0359. The van der Waals surface area contributed by atoms with Crippen LogP contribution < -0.4 is 0 Å². The summed E-state index contributed by atoms with van der Waals surface area (Å²) in [5, 5.41) is 0. The molecule has 2 rings (SSSR count). The summed E-state index contributed by atoms with van der Waals surface area (Å²) >= 11 is 0. The van der Waals surface area contributed by atoms with Gasteiger partial charge in [-0.2, -0.15) is 0 Å². The summed E-state index contributed by atoms with van der Waals surface area (Å²) in [6.45, 7) is 5.68. The third-order valence-corrected chi connectivity index (χ3v) is 4.46. The van der Waals surface area contributed by atoms with Crippen molar-refractivity contribution in [2.45, 2.75) is 79.1 Å². The van der Waals surface area contributed by atoms with Crippen molar-refractivity contribution in [3.05, 3.63) is 12.2 Å². The molecule has 2 aliphatic rings. The van der Waals surface area contributed by atoms with Crippen LogP contribution in [0.3, 0.4) is 0 Å². The largest absolute Gasteiger partial charge is 0.300 e. The van der Waals surface area contributed by atoms with Gasteiger partial charge in [-0.15, -0.1) is 0 Å². The topological polar surface area (TPSA) is 102 Å². The fourth-order valence-corrected chi connectivity index (χ4v) is 3.34. The van der Waals surface area contributed by atoms with E-state index in [1.165, 1.54) is 27.7 Å². The molecule has 1 atom stereocenters. The van der Waals surface area contributed by atoms with Crippen LogP contribution in [-0.2, 0) is 28.8 Å². The van der Waals surface area contributed by atoms with E-state index in [0.29, 0.717) is 12.8 Å². The van der Waals surface area contributed by atoms with Gasteiger partial charge in [0.25, 0.3) is 0 Å². The number of ketones is 6. The summed E-state index contributed by atoms with van der Waals surface area (Å²) in [6, 6.07) is 0. The van der Waals surface area contributed by atoms with Gasteiger partial charge in [0.15, 0.2) is 5.78 Å². The lowest BCUT2D eigenvalue weighted by Gasteiger charge is -2.25. The SMILES string of the molecule is CC(=O)C(C(C)=O)C1CCCC(=O)C1.CC(=O)CC(C)=O.O=C1C=CCCC1. The van der Waals surface area contributed by atoms with Crippen molar-refractivity contribution in [2.24, 2.45) is 11.8 Å². The molecule has 0 saturated heterocycles. The average Bonchev–Trinajstić information content (AvgIpc) is 2.54. The normalized spacial score (nSPS) is 18.4. The van der Waals surface area contributed by atoms with Gasteiger partial charge in [-0.05, 0) is 65.4 Å². The van der Waals surface area contributed by atoms with Gasteiger partial charge in [0.2, 0.25) is 0 Å². The van der Waals surface area contributed by atoms with Gasteiger partial charge in [-0.1, -0.05) is 6.08 Å². The molecule has 0 aromatic heterocycles. The second-order valence-electron chi connectivity index (χ2n) is 7.44. The number of hydrogen-bond acceptors (Lipinski definition) is 6. The third-order valence-electron chi connectivity index (χ3n) is 4.46. The van der Waals surface area contributed by atoms with Crippen molar-refractivity contribution in [2.75, 3.05) is 0 Å². The number of allylic oxidation sites excluding steroid dienone is 2. The van der Waals surface area contributed by atoms with Gasteiger partial charge in [0.1, 0.15) is 28.9 Å². The van der Waals surface area contributed by atoms with Gasteiger partial charge >= 0.3 is 0 Å². The third kappa shape index (κ3) is 12.2. The Bertz CT molecular complexity index is 603. The van der Waals surface area contributed by atoms with Crippen molar-refractivity contribution in [1.29, 1.82) is 0 Å². The predicted octanol–water partition coefficient (Wildman–Crippen LogP) is 3.39. The highest BCUT2D eigenvalue weighted by atomic mass is 16.2. The molecule has 6 nitrogen and oxygen atoms in total. The molecule has 1 saturated carbocycles. The first-order chi connectivity index (χ1) is 13.0. The summed E-state index contributed by atoms with van der Waals surface area (Å²) in [6.07, 6.45) is 9.26. The van der Waals surface area contributed by atoms with E-state index in [0.717, 1.165) is 32.1 Å². The van der Waals surface area contributed by atoms with Crippen molar-refractivity contribution in [1.82, 2.24) is 0 Å². The smallest absolute Gasteiger partial charge is 0.155 e. The van der Waals surface area contributed by atoms with Crippen LogP contribution >= 0.6 is 0 Å². The Morgan fingerprint density at radius 1 is 0.929 bits per heavy atom. The summed E-state index contributed by atoms with van der Waals surface area (Å²) in [5.74, 6) is -0.431. The van der Waals surface area contributed by atoms with Crippen molar-refractivity contribution in [3.63, 3.8) is 0 Å². The van der Waals surface area contributed by atoms with E-state index in [2.05, 4.69) is 0 Å². The van der Waals surface area contributed by atoms with Gasteiger partial charge in [0.05, 0.1) is 12.3 Å². The lowest BCUT2D eigenvalue weighted by atomic mass is 9.76. The van der Waals surface area contributed by atoms with Crippen LogP contribution in [0.1, 0.15) is 79.1 Å². The quantitative estimate of drug-likeness (QED) is 0.665. The summed E-state index contributed by atoms with van der Waals surface area (Å²) < 4.78 is 0. The van der Waals surface area contributed by atoms with E-state index in [9.17, 15) is 28.8 Å².